The van der Waals surface area contributed by atoms with Crippen molar-refractivity contribution in [2.75, 3.05) is 0 Å². The molecular weight excluding hydrogens is 188 g/mol. The second-order valence-corrected chi connectivity index (χ2v) is 4.10. The maximum Gasteiger partial charge on any atom is 0.117 e. The number of hydrogen-bond donors (Lipinski definition) is 2. The molecule has 0 bridgehead atoms. The van der Waals surface area contributed by atoms with Gasteiger partial charge in [-0.15, -0.1) is 0 Å². The van der Waals surface area contributed by atoms with E-state index in [9.17, 15) is 5.11 Å². The lowest BCUT2D eigenvalue weighted by Gasteiger charge is -2.03. The van der Waals surface area contributed by atoms with Crippen LogP contribution in [0.25, 0.3) is 11.0 Å². The van der Waals surface area contributed by atoms with Gasteiger partial charge in [-0.05, 0) is 18.1 Å². The van der Waals surface area contributed by atoms with Crippen molar-refractivity contribution >= 4 is 11.0 Å². The molecule has 1 aromatic carbocycles. The molecule has 1 heterocycles. The summed E-state index contributed by atoms with van der Waals surface area (Å²) in [6.45, 7) is 4.39. The maximum absolute atomic E-state index is 9.32. The molecule has 0 fully saturated rings. The van der Waals surface area contributed by atoms with Gasteiger partial charge >= 0.3 is 0 Å². The summed E-state index contributed by atoms with van der Waals surface area (Å²) in [5.74, 6) is 1.92. The highest BCUT2D eigenvalue weighted by Crippen LogP contribution is 2.19. The van der Waals surface area contributed by atoms with Gasteiger partial charge in [0.05, 0.1) is 11.0 Å². The third-order valence-electron chi connectivity index (χ3n) is 2.75. The van der Waals surface area contributed by atoms with Gasteiger partial charge in [-0.1, -0.05) is 20.3 Å². The first-order chi connectivity index (χ1) is 7.19. The Balaban J connectivity index is 2.30. The van der Waals surface area contributed by atoms with Crippen LogP contribution in [0.2, 0.25) is 0 Å². The average Bonchev–Trinajstić information content (AvgIpc) is 2.59. The van der Waals surface area contributed by atoms with Crippen molar-refractivity contribution in [3.05, 3.63) is 24.0 Å². The molecule has 0 spiro atoms. The number of H-pyrrole nitrogens is 1. The van der Waals surface area contributed by atoms with E-state index in [-0.39, 0.29) is 5.75 Å². The molecule has 0 saturated carbocycles. The number of phenols is 1. The summed E-state index contributed by atoms with van der Waals surface area (Å²) in [4.78, 5) is 7.71. The number of benzene rings is 1. The van der Waals surface area contributed by atoms with Crippen molar-refractivity contribution in [3.63, 3.8) is 0 Å². The molecule has 0 amide bonds. The highest BCUT2D eigenvalue weighted by molar-refractivity contribution is 5.76. The molecule has 1 aromatic heterocycles. The molecule has 2 aromatic rings. The smallest absolute Gasteiger partial charge is 0.117 e. The van der Waals surface area contributed by atoms with Crippen molar-refractivity contribution in [1.29, 1.82) is 0 Å². The summed E-state index contributed by atoms with van der Waals surface area (Å²) in [5, 5.41) is 9.32. The Labute approximate surface area is 89.2 Å². The number of nitrogens with one attached hydrogen (secondary N) is 1. The monoisotopic (exact) mass is 204 g/mol. The molecule has 15 heavy (non-hydrogen) atoms. The summed E-state index contributed by atoms with van der Waals surface area (Å²) in [6, 6.07) is 5.21. The summed E-state index contributed by atoms with van der Waals surface area (Å²) in [6.07, 6.45) is 2.12. The highest BCUT2D eigenvalue weighted by atomic mass is 16.3. The first-order valence-electron chi connectivity index (χ1n) is 5.36. The number of aromatic nitrogens is 2. The lowest BCUT2D eigenvalue weighted by Crippen LogP contribution is -1.99. The average molecular weight is 204 g/mol. The van der Waals surface area contributed by atoms with E-state index in [1.165, 1.54) is 0 Å². The van der Waals surface area contributed by atoms with E-state index in [4.69, 9.17) is 0 Å². The number of phenolic OH excluding ortho intramolecular Hbond substituents is 1. The predicted octanol–water partition coefficient (Wildman–Crippen LogP) is 2.86. The van der Waals surface area contributed by atoms with Gasteiger partial charge in [0.15, 0.2) is 0 Å². The second kappa shape index (κ2) is 3.93. The molecule has 0 aliphatic rings. The molecule has 0 aliphatic carbocycles. The van der Waals surface area contributed by atoms with Crippen molar-refractivity contribution in [1.82, 2.24) is 9.97 Å². The molecule has 0 aliphatic heterocycles. The van der Waals surface area contributed by atoms with Crippen LogP contribution in [0.15, 0.2) is 18.2 Å². The lowest BCUT2D eigenvalue weighted by molar-refractivity contribution is 0.476. The van der Waals surface area contributed by atoms with Gasteiger partial charge in [0.25, 0.3) is 0 Å². The van der Waals surface area contributed by atoms with Crippen LogP contribution in [0.4, 0.5) is 0 Å². The van der Waals surface area contributed by atoms with E-state index in [2.05, 4.69) is 23.8 Å². The summed E-state index contributed by atoms with van der Waals surface area (Å²) >= 11 is 0. The van der Waals surface area contributed by atoms with Crippen LogP contribution in [0.3, 0.4) is 0 Å². The zero-order valence-electron chi connectivity index (χ0n) is 9.12. The van der Waals surface area contributed by atoms with Gasteiger partial charge in [-0.2, -0.15) is 0 Å². The third kappa shape index (κ3) is 2.12. The Kier molecular flexibility index (Phi) is 2.62. The van der Waals surface area contributed by atoms with Gasteiger partial charge in [0, 0.05) is 12.5 Å². The summed E-state index contributed by atoms with van der Waals surface area (Å²) < 4.78 is 0. The quantitative estimate of drug-likeness (QED) is 0.807. The predicted molar refractivity (Wildman–Crippen MR) is 60.9 cm³/mol. The zero-order chi connectivity index (χ0) is 10.8. The van der Waals surface area contributed by atoms with Crippen LogP contribution in [0.1, 0.15) is 26.1 Å². The van der Waals surface area contributed by atoms with E-state index in [1.54, 1.807) is 12.1 Å². The Morgan fingerprint density at radius 2 is 2.27 bits per heavy atom. The fraction of sp³-hybridized carbons (Fsp3) is 0.417. The number of fused-ring (bicyclic) bond motifs is 1. The molecule has 2 rings (SSSR count). The lowest BCUT2D eigenvalue weighted by atomic mass is 10.1. The second-order valence-electron chi connectivity index (χ2n) is 4.10. The van der Waals surface area contributed by atoms with Crippen LogP contribution in [0.5, 0.6) is 5.75 Å². The van der Waals surface area contributed by atoms with E-state index >= 15 is 0 Å². The van der Waals surface area contributed by atoms with Gasteiger partial charge in [-0.3, -0.25) is 0 Å². The van der Waals surface area contributed by atoms with E-state index in [1.807, 2.05) is 6.07 Å². The fourth-order valence-electron chi connectivity index (χ4n) is 1.62. The number of imidazole rings is 1. The third-order valence-corrected chi connectivity index (χ3v) is 2.75. The fourth-order valence-corrected chi connectivity index (χ4v) is 1.62. The summed E-state index contributed by atoms with van der Waals surface area (Å²) in [7, 11) is 0. The molecule has 1 atom stereocenters. The molecule has 3 heteroatoms. The molecule has 0 radical (unpaired) electrons. The van der Waals surface area contributed by atoms with Gasteiger partial charge < -0.3 is 10.1 Å². The van der Waals surface area contributed by atoms with Crippen molar-refractivity contribution < 1.29 is 5.11 Å². The number of aromatic amines is 1. The van der Waals surface area contributed by atoms with Crippen LogP contribution < -0.4 is 0 Å². The number of aromatic hydroxyl groups is 1. The normalized spacial score (nSPS) is 13.2. The van der Waals surface area contributed by atoms with Crippen LogP contribution >= 0.6 is 0 Å². The SMILES string of the molecule is CCC(C)Cc1nc2ccc(O)cc2[nH]1. The number of nitrogens with zero attached hydrogens (tertiary/aromatic N) is 1. The first-order valence-corrected chi connectivity index (χ1v) is 5.36. The van der Waals surface area contributed by atoms with Crippen molar-refractivity contribution in [3.8, 4) is 5.75 Å². The van der Waals surface area contributed by atoms with E-state index < -0.39 is 0 Å². The number of hydrogen-bond acceptors (Lipinski definition) is 2. The van der Waals surface area contributed by atoms with Gasteiger partial charge in [-0.25, -0.2) is 4.98 Å². The molecule has 2 N–H and O–H groups in total. The Morgan fingerprint density at radius 1 is 1.47 bits per heavy atom. The Bertz CT molecular complexity index is 462. The molecular formula is C12H16N2O. The van der Waals surface area contributed by atoms with E-state index in [0.29, 0.717) is 5.92 Å². The minimum absolute atomic E-state index is 0.279. The van der Waals surface area contributed by atoms with Crippen LogP contribution in [-0.4, -0.2) is 15.1 Å². The van der Waals surface area contributed by atoms with Gasteiger partial charge in [0.1, 0.15) is 11.6 Å². The highest BCUT2D eigenvalue weighted by Gasteiger charge is 2.06. The summed E-state index contributed by atoms with van der Waals surface area (Å²) in [5.41, 5.74) is 1.83. The zero-order valence-corrected chi connectivity index (χ0v) is 9.12. The minimum atomic E-state index is 0.279. The molecule has 1 unspecified atom stereocenters. The van der Waals surface area contributed by atoms with E-state index in [0.717, 1.165) is 29.7 Å². The maximum atomic E-state index is 9.32. The van der Waals surface area contributed by atoms with Crippen LogP contribution in [0, 0.1) is 5.92 Å². The largest absolute Gasteiger partial charge is 0.508 e. The first kappa shape index (κ1) is 10.0. The van der Waals surface area contributed by atoms with Crippen LogP contribution in [-0.2, 0) is 6.42 Å². The van der Waals surface area contributed by atoms with Gasteiger partial charge in [0.2, 0.25) is 0 Å². The standard InChI is InChI=1S/C12H16N2O/c1-3-8(2)6-12-13-10-5-4-9(15)7-11(10)14-12/h4-5,7-8,15H,3,6H2,1-2H3,(H,13,14). The van der Waals surface area contributed by atoms with Crippen molar-refractivity contribution in [2.24, 2.45) is 5.92 Å². The molecule has 80 valence electrons. The molecule has 3 nitrogen and oxygen atoms in total. The minimum Gasteiger partial charge on any atom is -0.508 e. The molecule has 0 saturated heterocycles. The topological polar surface area (TPSA) is 48.9 Å². The van der Waals surface area contributed by atoms with Crippen molar-refractivity contribution in [2.45, 2.75) is 26.7 Å². The number of rotatable bonds is 3. The Hall–Kier alpha value is -1.51. The Morgan fingerprint density at radius 3 is 3.00 bits per heavy atom.